The molecule has 1 saturated carbocycles. The molecule has 148 valence electrons. The molecule has 0 unspecified atom stereocenters. The molecule has 2 aromatic heterocycles. The summed E-state index contributed by atoms with van der Waals surface area (Å²) in [4.78, 5) is 26.9. The van der Waals surface area contributed by atoms with Crippen molar-refractivity contribution in [3.05, 3.63) is 29.3 Å². The van der Waals surface area contributed by atoms with Gasteiger partial charge in [0.15, 0.2) is 5.69 Å². The van der Waals surface area contributed by atoms with Crippen molar-refractivity contribution in [2.75, 3.05) is 18.4 Å². The number of nitrogens with zero attached hydrogens (tertiary/aromatic N) is 4. The average Bonchev–Trinajstić information content (AvgIpc) is 3.34. The normalized spacial score (nSPS) is 20.1. The number of hydrogen-bond donors (Lipinski definition) is 1. The number of anilines is 1. The molecule has 0 atom stereocenters. The molecule has 3 heterocycles. The number of nitrogens with one attached hydrogen (secondary N) is 1. The maximum Gasteiger partial charge on any atom is 0.276 e. The molecule has 2 fully saturated rings. The largest absolute Gasteiger partial charge is 0.360 e. The van der Waals surface area contributed by atoms with E-state index in [0.717, 1.165) is 68.5 Å². The van der Waals surface area contributed by atoms with Crippen LogP contribution >= 0.6 is 0 Å². The van der Waals surface area contributed by atoms with Gasteiger partial charge in [0.2, 0.25) is 5.91 Å². The fourth-order valence-electron chi connectivity index (χ4n) is 4.29. The summed E-state index contributed by atoms with van der Waals surface area (Å²) in [5.41, 5.74) is 1.51. The van der Waals surface area contributed by atoms with Crippen molar-refractivity contribution >= 4 is 17.6 Å². The van der Waals surface area contributed by atoms with Crippen molar-refractivity contribution in [3.63, 3.8) is 0 Å². The van der Waals surface area contributed by atoms with Gasteiger partial charge in [-0.05, 0) is 44.9 Å². The number of amides is 2. The molecule has 0 spiro atoms. The van der Waals surface area contributed by atoms with Gasteiger partial charge in [-0.25, -0.2) is 4.68 Å². The van der Waals surface area contributed by atoms with E-state index in [4.69, 9.17) is 4.52 Å². The molecule has 1 aliphatic heterocycles. The predicted octanol–water partition coefficient (Wildman–Crippen LogP) is 2.58. The summed E-state index contributed by atoms with van der Waals surface area (Å²) in [5.74, 6) is 1.87. The Hall–Kier alpha value is -2.64. The van der Waals surface area contributed by atoms with E-state index >= 15 is 0 Å². The topological polar surface area (TPSA) is 93.3 Å². The number of carbonyl (C=O) groups is 2. The summed E-state index contributed by atoms with van der Waals surface area (Å²) in [7, 11) is 0. The van der Waals surface area contributed by atoms with Crippen molar-refractivity contribution in [2.24, 2.45) is 5.92 Å². The highest BCUT2D eigenvalue weighted by molar-refractivity contribution is 5.94. The van der Waals surface area contributed by atoms with Crippen LogP contribution < -0.4 is 5.32 Å². The first-order chi connectivity index (χ1) is 13.7. The highest BCUT2D eigenvalue weighted by Gasteiger charge is 2.33. The van der Waals surface area contributed by atoms with Gasteiger partial charge >= 0.3 is 0 Å². The van der Waals surface area contributed by atoms with Gasteiger partial charge < -0.3 is 14.7 Å². The molecule has 3 aliphatic rings. The standard InChI is InChI=1S/C20H25N5O3/c26-19(13-5-6-13)22-17-7-10-21-25(17)14-8-11-24(12-9-14)20(27)18-15-3-1-2-4-16(15)28-23-18/h7,10,13-14H,1-6,8-9,11-12H2,(H,22,26). The van der Waals surface area contributed by atoms with Crippen molar-refractivity contribution < 1.29 is 14.1 Å². The van der Waals surface area contributed by atoms with E-state index in [1.54, 1.807) is 6.20 Å². The summed E-state index contributed by atoms with van der Waals surface area (Å²) in [6, 6.07) is 2.03. The lowest BCUT2D eigenvalue weighted by Crippen LogP contribution is -2.40. The SMILES string of the molecule is O=C(Nc1ccnn1C1CCN(C(=O)c2noc3c2CCCC3)CC1)C1CC1. The van der Waals surface area contributed by atoms with Crippen LogP contribution in [0, 0.1) is 5.92 Å². The molecule has 2 aromatic rings. The zero-order chi connectivity index (χ0) is 19.1. The van der Waals surface area contributed by atoms with Crippen molar-refractivity contribution in [1.82, 2.24) is 19.8 Å². The van der Waals surface area contributed by atoms with Gasteiger partial charge in [0.05, 0.1) is 12.2 Å². The quantitative estimate of drug-likeness (QED) is 0.876. The molecule has 0 bridgehead atoms. The van der Waals surface area contributed by atoms with Crippen LogP contribution in [0.2, 0.25) is 0 Å². The minimum Gasteiger partial charge on any atom is -0.360 e. The van der Waals surface area contributed by atoms with Crippen LogP contribution in [0.15, 0.2) is 16.8 Å². The van der Waals surface area contributed by atoms with Crippen LogP contribution in [0.4, 0.5) is 5.82 Å². The summed E-state index contributed by atoms with van der Waals surface area (Å²) in [6.45, 7) is 1.31. The first-order valence-corrected chi connectivity index (χ1v) is 10.3. The van der Waals surface area contributed by atoms with Crippen LogP contribution in [0.1, 0.15) is 66.4 Å². The lowest BCUT2D eigenvalue weighted by atomic mass is 9.95. The monoisotopic (exact) mass is 383 g/mol. The van der Waals surface area contributed by atoms with Gasteiger partial charge in [-0.15, -0.1) is 0 Å². The predicted molar refractivity (Wildman–Crippen MR) is 101 cm³/mol. The van der Waals surface area contributed by atoms with E-state index in [1.165, 1.54) is 0 Å². The molecule has 8 nitrogen and oxygen atoms in total. The van der Waals surface area contributed by atoms with Gasteiger partial charge in [0.25, 0.3) is 5.91 Å². The molecule has 28 heavy (non-hydrogen) atoms. The van der Waals surface area contributed by atoms with Crippen LogP contribution in [0.3, 0.4) is 0 Å². The maximum atomic E-state index is 12.9. The average molecular weight is 383 g/mol. The zero-order valence-electron chi connectivity index (χ0n) is 15.9. The molecule has 1 saturated heterocycles. The van der Waals surface area contributed by atoms with E-state index in [2.05, 4.69) is 15.6 Å². The molecular weight excluding hydrogens is 358 g/mol. The van der Waals surface area contributed by atoms with Crippen molar-refractivity contribution in [3.8, 4) is 0 Å². The summed E-state index contributed by atoms with van der Waals surface area (Å²) >= 11 is 0. The molecule has 1 N–H and O–H groups in total. The fraction of sp³-hybridized carbons (Fsp3) is 0.600. The first-order valence-electron chi connectivity index (χ1n) is 10.3. The number of likely N-dealkylation sites (tertiary alicyclic amines) is 1. The Labute approximate surface area is 163 Å². The molecule has 8 heteroatoms. The molecule has 2 aliphatic carbocycles. The van der Waals surface area contributed by atoms with Crippen LogP contribution in [-0.2, 0) is 17.6 Å². The zero-order valence-corrected chi connectivity index (χ0v) is 15.9. The lowest BCUT2D eigenvalue weighted by Gasteiger charge is -2.32. The molecule has 0 aromatic carbocycles. The third-order valence-corrected chi connectivity index (χ3v) is 6.12. The number of piperidine rings is 1. The number of fused-ring (bicyclic) bond motifs is 1. The minimum absolute atomic E-state index is 0.0203. The van der Waals surface area contributed by atoms with E-state index < -0.39 is 0 Å². The van der Waals surface area contributed by atoms with Gasteiger partial charge in [-0.3, -0.25) is 9.59 Å². The molecular formula is C20H25N5O3. The van der Waals surface area contributed by atoms with Crippen molar-refractivity contribution in [1.29, 1.82) is 0 Å². The number of carbonyl (C=O) groups excluding carboxylic acids is 2. The van der Waals surface area contributed by atoms with Gasteiger partial charge in [-0.2, -0.15) is 5.10 Å². The van der Waals surface area contributed by atoms with E-state index in [1.807, 2.05) is 15.6 Å². The fourth-order valence-corrected chi connectivity index (χ4v) is 4.29. The Morgan fingerprint density at radius 2 is 1.89 bits per heavy atom. The summed E-state index contributed by atoms with van der Waals surface area (Å²) in [5, 5.41) is 11.5. The first kappa shape index (κ1) is 17.5. The number of hydrogen-bond acceptors (Lipinski definition) is 5. The van der Waals surface area contributed by atoms with Gasteiger partial charge in [0, 0.05) is 37.1 Å². The van der Waals surface area contributed by atoms with Gasteiger partial charge in [0.1, 0.15) is 11.6 Å². The Morgan fingerprint density at radius 1 is 1.11 bits per heavy atom. The number of aryl methyl sites for hydroxylation is 1. The summed E-state index contributed by atoms with van der Waals surface area (Å²) in [6.07, 6.45) is 9.25. The Morgan fingerprint density at radius 3 is 2.68 bits per heavy atom. The van der Waals surface area contributed by atoms with Crippen LogP contribution in [0.5, 0.6) is 0 Å². The Bertz CT molecular complexity index is 890. The smallest absolute Gasteiger partial charge is 0.276 e. The van der Waals surface area contributed by atoms with E-state index in [9.17, 15) is 9.59 Å². The van der Waals surface area contributed by atoms with Crippen molar-refractivity contribution in [2.45, 2.75) is 57.4 Å². The second kappa shape index (κ2) is 7.07. The minimum atomic E-state index is -0.0203. The third kappa shape index (κ3) is 3.21. The second-order valence-electron chi connectivity index (χ2n) is 8.09. The molecule has 2 amide bonds. The van der Waals surface area contributed by atoms with E-state index in [-0.39, 0.29) is 23.8 Å². The number of aromatic nitrogens is 3. The Balaban J connectivity index is 1.23. The Kier molecular flexibility index (Phi) is 4.41. The maximum absolute atomic E-state index is 12.9. The summed E-state index contributed by atoms with van der Waals surface area (Å²) < 4.78 is 7.31. The number of rotatable bonds is 4. The van der Waals surface area contributed by atoms with Crippen LogP contribution in [0.25, 0.3) is 0 Å². The highest BCUT2D eigenvalue weighted by atomic mass is 16.5. The molecule has 5 rings (SSSR count). The molecule has 0 radical (unpaired) electrons. The second-order valence-corrected chi connectivity index (χ2v) is 8.09. The van der Waals surface area contributed by atoms with Crippen LogP contribution in [-0.4, -0.2) is 44.7 Å². The van der Waals surface area contributed by atoms with Gasteiger partial charge in [-0.1, -0.05) is 5.16 Å². The third-order valence-electron chi connectivity index (χ3n) is 6.12. The highest BCUT2D eigenvalue weighted by Crippen LogP contribution is 2.32. The van der Waals surface area contributed by atoms with E-state index in [0.29, 0.717) is 18.8 Å². The lowest BCUT2D eigenvalue weighted by molar-refractivity contribution is -0.117.